The number of likely N-dealkylation sites (N-methyl/N-ethyl adjacent to an activating group) is 1. The van der Waals surface area contributed by atoms with E-state index in [1.54, 1.807) is 7.11 Å². The molecule has 1 atom stereocenters. The van der Waals surface area contributed by atoms with E-state index in [0.29, 0.717) is 6.54 Å². The van der Waals surface area contributed by atoms with Gasteiger partial charge >= 0.3 is 0 Å². The second-order valence-electron chi connectivity index (χ2n) is 4.48. The van der Waals surface area contributed by atoms with Crippen molar-refractivity contribution >= 4 is 0 Å². The molecule has 0 bridgehead atoms. The van der Waals surface area contributed by atoms with Gasteiger partial charge in [0, 0.05) is 12.1 Å². The molecule has 3 nitrogen and oxygen atoms in total. The lowest BCUT2D eigenvalue weighted by Gasteiger charge is -2.20. The van der Waals surface area contributed by atoms with Gasteiger partial charge in [-0.3, -0.25) is 0 Å². The first-order valence-corrected chi connectivity index (χ1v) is 5.43. The maximum absolute atomic E-state index is 10.1. The van der Waals surface area contributed by atoms with E-state index < -0.39 is 6.10 Å². The highest BCUT2D eigenvalue weighted by atomic mass is 16.5. The number of aliphatic hydroxyl groups excluding tert-OH is 1. The van der Waals surface area contributed by atoms with Crippen LogP contribution in [0.15, 0.2) is 12.1 Å². The maximum atomic E-state index is 10.1. The lowest BCUT2D eigenvalue weighted by Crippen LogP contribution is -2.20. The van der Waals surface area contributed by atoms with Crippen LogP contribution < -0.4 is 4.74 Å². The molecule has 16 heavy (non-hydrogen) atoms. The molecule has 1 rings (SSSR count). The first-order valence-electron chi connectivity index (χ1n) is 5.43. The van der Waals surface area contributed by atoms with E-state index in [-0.39, 0.29) is 0 Å². The average Bonchev–Trinajstić information content (AvgIpc) is 2.15. The molecule has 0 fully saturated rings. The molecule has 0 spiro atoms. The van der Waals surface area contributed by atoms with E-state index in [1.807, 2.05) is 38.9 Å². The van der Waals surface area contributed by atoms with Gasteiger partial charge in [0.25, 0.3) is 0 Å². The van der Waals surface area contributed by atoms with Crippen molar-refractivity contribution in [3.8, 4) is 5.75 Å². The summed E-state index contributed by atoms with van der Waals surface area (Å²) in [4.78, 5) is 1.96. The van der Waals surface area contributed by atoms with Crippen LogP contribution in [0.5, 0.6) is 5.75 Å². The predicted molar refractivity (Wildman–Crippen MR) is 66.0 cm³/mol. The monoisotopic (exact) mass is 223 g/mol. The Balaban J connectivity index is 3.10. The Hall–Kier alpha value is -1.06. The van der Waals surface area contributed by atoms with Gasteiger partial charge in [0.1, 0.15) is 5.75 Å². The number of hydrogen-bond acceptors (Lipinski definition) is 3. The number of aliphatic hydroxyl groups is 1. The van der Waals surface area contributed by atoms with Gasteiger partial charge in [0.05, 0.1) is 13.2 Å². The van der Waals surface area contributed by atoms with Crippen LogP contribution in [0, 0.1) is 13.8 Å². The van der Waals surface area contributed by atoms with Crippen LogP contribution in [0.4, 0.5) is 0 Å². The third-order valence-electron chi connectivity index (χ3n) is 2.55. The van der Waals surface area contributed by atoms with Gasteiger partial charge in [-0.25, -0.2) is 0 Å². The molecule has 1 unspecified atom stereocenters. The van der Waals surface area contributed by atoms with Gasteiger partial charge in [0.2, 0.25) is 0 Å². The minimum absolute atomic E-state index is 0.511. The van der Waals surface area contributed by atoms with E-state index in [4.69, 9.17) is 4.74 Å². The zero-order chi connectivity index (χ0) is 12.3. The highest BCUT2D eigenvalue weighted by Crippen LogP contribution is 2.30. The Morgan fingerprint density at radius 1 is 1.31 bits per heavy atom. The van der Waals surface area contributed by atoms with Crippen LogP contribution in [0.1, 0.15) is 22.8 Å². The first kappa shape index (κ1) is 13.0. The van der Waals surface area contributed by atoms with E-state index in [1.165, 1.54) is 0 Å². The molecule has 1 aromatic carbocycles. The molecule has 90 valence electrons. The summed E-state index contributed by atoms with van der Waals surface area (Å²) >= 11 is 0. The fourth-order valence-corrected chi connectivity index (χ4v) is 1.96. The molecule has 1 aromatic rings. The summed E-state index contributed by atoms with van der Waals surface area (Å²) in [7, 11) is 5.53. The number of aryl methyl sites for hydroxylation is 2. The molecule has 0 aromatic heterocycles. The maximum Gasteiger partial charge on any atom is 0.127 e. The van der Waals surface area contributed by atoms with Crippen molar-refractivity contribution in [3.05, 3.63) is 28.8 Å². The second-order valence-corrected chi connectivity index (χ2v) is 4.48. The Kier molecular flexibility index (Phi) is 4.33. The zero-order valence-corrected chi connectivity index (χ0v) is 10.7. The van der Waals surface area contributed by atoms with Crippen LogP contribution in [0.25, 0.3) is 0 Å². The summed E-state index contributed by atoms with van der Waals surface area (Å²) < 4.78 is 5.36. The molecule has 0 radical (unpaired) electrons. The topological polar surface area (TPSA) is 32.7 Å². The Bertz CT molecular complexity index is 361. The summed E-state index contributed by atoms with van der Waals surface area (Å²) in [5.41, 5.74) is 3.08. The predicted octanol–water partition coefficient (Wildman–Crippen LogP) is 1.91. The largest absolute Gasteiger partial charge is 0.496 e. The third-order valence-corrected chi connectivity index (χ3v) is 2.55. The molecule has 0 amide bonds. The summed E-state index contributed by atoms with van der Waals surface area (Å²) in [5.74, 6) is 0.792. The third kappa shape index (κ3) is 2.97. The van der Waals surface area contributed by atoms with Gasteiger partial charge in [-0.05, 0) is 39.6 Å². The van der Waals surface area contributed by atoms with Crippen molar-refractivity contribution in [3.63, 3.8) is 0 Å². The van der Waals surface area contributed by atoms with Crippen LogP contribution in [0.3, 0.4) is 0 Å². The second kappa shape index (κ2) is 5.32. The SMILES string of the molecule is COc1c(C)cc(C)cc1C(O)CN(C)C. The fourth-order valence-electron chi connectivity index (χ4n) is 1.96. The van der Waals surface area contributed by atoms with Crippen molar-refractivity contribution in [2.45, 2.75) is 20.0 Å². The molecular weight excluding hydrogens is 202 g/mol. The molecule has 0 heterocycles. The summed E-state index contributed by atoms with van der Waals surface area (Å²) in [5, 5.41) is 10.1. The van der Waals surface area contributed by atoms with Crippen LogP contribution in [0.2, 0.25) is 0 Å². The number of methoxy groups -OCH3 is 1. The van der Waals surface area contributed by atoms with E-state index in [2.05, 4.69) is 6.07 Å². The van der Waals surface area contributed by atoms with Crippen molar-refractivity contribution in [2.24, 2.45) is 0 Å². The first-order chi connectivity index (χ1) is 7.45. The fraction of sp³-hybridized carbons (Fsp3) is 0.538. The average molecular weight is 223 g/mol. The normalized spacial score (nSPS) is 12.9. The lowest BCUT2D eigenvalue weighted by atomic mass is 10.0. The summed E-state index contributed by atoms with van der Waals surface area (Å²) in [6.07, 6.45) is -0.511. The van der Waals surface area contributed by atoms with Gasteiger partial charge in [-0.15, -0.1) is 0 Å². The molecule has 0 aliphatic carbocycles. The number of ether oxygens (including phenoxy) is 1. The van der Waals surface area contributed by atoms with Crippen LogP contribution in [-0.2, 0) is 0 Å². The van der Waals surface area contributed by atoms with E-state index in [9.17, 15) is 5.11 Å². The van der Waals surface area contributed by atoms with Gasteiger partial charge in [0.15, 0.2) is 0 Å². The van der Waals surface area contributed by atoms with E-state index >= 15 is 0 Å². The summed E-state index contributed by atoms with van der Waals surface area (Å²) in [6, 6.07) is 4.05. The lowest BCUT2D eigenvalue weighted by molar-refractivity contribution is 0.135. The van der Waals surface area contributed by atoms with Crippen LogP contribution in [-0.4, -0.2) is 37.8 Å². The van der Waals surface area contributed by atoms with Crippen molar-refractivity contribution in [2.75, 3.05) is 27.7 Å². The van der Waals surface area contributed by atoms with Crippen LogP contribution >= 0.6 is 0 Å². The van der Waals surface area contributed by atoms with Gasteiger partial charge < -0.3 is 14.7 Å². The van der Waals surface area contributed by atoms with Crippen molar-refractivity contribution in [1.82, 2.24) is 4.90 Å². The Morgan fingerprint density at radius 2 is 1.94 bits per heavy atom. The van der Waals surface area contributed by atoms with Crippen molar-refractivity contribution in [1.29, 1.82) is 0 Å². The Labute approximate surface area is 97.7 Å². The smallest absolute Gasteiger partial charge is 0.127 e. The molecular formula is C13H21NO2. The van der Waals surface area contributed by atoms with E-state index in [0.717, 1.165) is 22.4 Å². The van der Waals surface area contributed by atoms with Crippen molar-refractivity contribution < 1.29 is 9.84 Å². The standard InChI is InChI=1S/C13H21NO2/c1-9-6-10(2)13(16-5)11(7-9)12(15)8-14(3)4/h6-7,12,15H,8H2,1-5H3. The minimum atomic E-state index is -0.511. The van der Waals surface area contributed by atoms with Gasteiger partial charge in [-0.2, -0.15) is 0 Å². The molecule has 0 aliphatic rings. The Morgan fingerprint density at radius 3 is 2.44 bits per heavy atom. The highest BCUT2D eigenvalue weighted by Gasteiger charge is 2.16. The summed E-state index contributed by atoms with van der Waals surface area (Å²) in [6.45, 7) is 4.62. The van der Waals surface area contributed by atoms with Gasteiger partial charge in [-0.1, -0.05) is 11.6 Å². The molecule has 0 aliphatic heterocycles. The minimum Gasteiger partial charge on any atom is -0.496 e. The number of hydrogen-bond donors (Lipinski definition) is 1. The molecule has 0 saturated carbocycles. The molecule has 0 saturated heterocycles. The molecule has 1 N–H and O–H groups in total. The zero-order valence-electron chi connectivity index (χ0n) is 10.7. The highest BCUT2D eigenvalue weighted by molar-refractivity contribution is 5.45. The number of nitrogens with zero attached hydrogens (tertiary/aromatic N) is 1. The quantitative estimate of drug-likeness (QED) is 0.846. The number of benzene rings is 1. The molecule has 3 heteroatoms. The number of rotatable bonds is 4.